The number of ether oxygens (including phenoxy) is 1. The van der Waals surface area contributed by atoms with Crippen molar-refractivity contribution in [3.63, 3.8) is 0 Å². The molecule has 0 aliphatic heterocycles. The Labute approximate surface area is 113 Å². The second kappa shape index (κ2) is 5.93. The number of rotatable bonds is 6. The lowest BCUT2D eigenvalue weighted by molar-refractivity contribution is 0.0703. The number of hydrogen-bond acceptors (Lipinski definition) is 4. The van der Waals surface area contributed by atoms with Crippen molar-refractivity contribution in [3.05, 3.63) is 23.8 Å². The number of benzene rings is 1. The second-order valence-corrected chi connectivity index (χ2v) is 4.61. The molecule has 5 nitrogen and oxygen atoms in total. The Balaban J connectivity index is 2.28. The van der Waals surface area contributed by atoms with E-state index in [-0.39, 0.29) is 18.6 Å². The first-order valence-corrected chi connectivity index (χ1v) is 6.62. The fourth-order valence-electron chi connectivity index (χ4n) is 2.13. The third kappa shape index (κ3) is 2.98. The average molecular weight is 264 g/mol. The van der Waals surface area contributed by atoms with Gasteiger partial charge in [0.2, 0.25) is 0 Å². The van der Waals surface area contributed by atoms with Crippen LogP contribution in [0.25, 0.3) is 0 Å². The minimum absolute atomic E-state index is 0.0332. The van der Waals surface area contributed by atoms with Gasteiger partial charge in [-0.15, -0.1) is 0 Å². The summed E-state index contributed by atoms with van der Waals surface area (Å²) in [4.78, 5) is 14.2. The molecule has 0 saturated heterocycles. The van der Waals surface area contributed by atoms with Gasteiger partial charge < -0.3 is 20.5 Å². The number of amides is 1. The fourth-order valence-corrected chi connectivity index (χ4v) is 2.13. The van der Waals surface area contributed by atoms with E-state index in [0.29, 0.717) is 30.2 Å². The van der Waals surface area contributed by atoms with Crippen LogP contribution >= 0.6 is 0 Å². The normalized spacial score (nSPS) is 14.2. The van der Waals surface area contributed by atoms with E-state index in [2.05, 4.69) is 0 Å². The third-order valence-corrected chi connectivity index (χ3v) is 3.15. The molecule has 1 aliphatic rings. The molecule has 1 fully saturated rings. The summed E-state index contributed by atoms with van der Waals surface area (Å²) >= 11 is 0. The van der Waals surface area contributed by atoms with Crippen LogP contribution in [0.4, 0.5) is 5.69 Å². The lowest BCUT2D eigenvalue weighted by Gasteiger charge is -2.23. The number of hydrogen-bond donors (Lipinski definition) is 2. The van der Waals surface area contributed by atoms with Crippen molar-refractivity contribution in [1.82, 2.24) is 4.90 Å². The van der Waals surface area contributed by atoms with Gasteiger partial charge in [0.15, 0.2) is 5.75 Å². The van der Waals surface area contributed by atoms with Crippen molar-refractivity contribution in [2.75, 3.05) is 25.5 Å². The predicted molar refractivity (Wildman–Crippen MR) is 73.2 cm³/mol. The van der Waals surface area contributed by atoms with Crippen molar-refractivity contribution >= 4 is 11.6 Å². The average Bonchev–Trinajstić information content (AvgIpc) is 3.22. The largest absolute Gasteiger partial charge is 0.491 e. The van der Waals surface area contributed by atoms with Crippen LogP contribution in [0.3, 0.4) is 0 Å². The molecule has 1 amide bonds. The fraction of sp³-hybridized carbons (Fsp3) is 0.500. The van der Waals surface area contributed by atoms with Crippen LogP contribution in [0.5, 0.6) is 5.75 Å². The zero-order valence-electron chi connectivity index (χ0n) is 11.1. The van der Waals surface area contributed by atoms with E-state index in [0.717, 1.165) is 12.8 Å². The van der Waals surface area contributed by atoms with E-state index in [1.807, 2.05) is 6.92 Å². The van der Waals surface area contributed by atoms with Crippen LogP contribution in [0.1, 0.15) is 30.1 Å². The zero-order valence-corrected chi connectivity index (χ0v) is 11.1. The summed E-state index contributed by atoms with van der Waals surface area (Å²) in [6, 6.07) is 5.43. The summed E-state index contributed by atoms with van der Waals surface area (Å²) in [6.07, 6.45) is 2.00. The van der Waals surface area contributed by atoms with Gasteiger partial charge in [0.05, 0.1) is 24.5 Å². The molecule has 0 spiro atoms. The Bertz CT molecular complexity index is 458. The third-order valence-electron chi connectivity index (χ3n) is 3.15. The summed E-state index contributed by atoms with van der Waals surface area (Å²) in [5.41, 5.74) is 6.81. The van der Waals surface area contributed by atoms with E-state index >= 15 is 0 Å². The van der Waals surface area contributed by atoms with Crippen LogP contribution in [-0.4, -0.2) is 41.7 Å². The molecule has 1 aromatic rings. The molecule has 0 aromatic heterocycles. The maximum Gasteiger partial charge on any atom is 0.258 e. The number of carbonyl (C=O) groups excluding carboxylic acids is 1. The lowest BCUT2D eigenvalue weighted by Crippen LogP contribution is -2.35. The molecule has 2 rings (SSSR count). The monoisotopic (exact) mass is 264 g/mol. The van der Waals surface area contributed by atoms with E-state index in [9.17, 15) is 4.79 Å². The molecule has 0 atom stereocenters. The summed E-state index contributed by atoms with van der Waals surface area (Å²) in [6.45, 7) is 2.63. The number of aliphatic hydroxyl groups is 1. The highest BCUT2D eigenvalue weighted by Crippen LogP contribution is 2.32. The molecule has 0 heterocycles. The van der Waals surface area contributed by atoms with E-state index in [1.165, 1.54) is 0 Å². The van der Waals surface area contributed by atoms with Crippen molar-refractivity contribution in [2.45, 2.75) is 25.8 Å². The topological polar surface area (TPSA) is 75.8 Å². The molecule has 1 aliphatic carbocycles. The van der Waals surface area contributed by atoms with Crippen molar-refractivity contribution < 1.29 is 14.6 Å². The van der Waals surface area contributed by atoms with Crippen LogP contribution < -0.4 is 10.5 Å². The number of nitrogens with zero attached hydrogens (tertiary/aromatic N) is 1. The Morgan fingerprint density at radius 2 is 2.26 bits per heavy atom. The molecule has 104 valence electrons. The maximum atomic E-state index is 12.5. The van der Waals surface area contributed by atoms with Gasteiger partial charge in [-0.2, -0.15) is 0 Å². The Morgan fingerprint density at radius 3 is 2.84 bits per heavy atom. The summed E-state index contributed by atoms with van der Waals surface area (Å²) in [7, 11) is 0. The second-order valence-electron chi connectivity index (χ2n) is 4.61. The van der Waals surface area contributed by atoms with Gasteiger partial charge in [0.25, 0.3) is 5.91 Å². The Hall–Kier alpha value is -1.75. The van der Waals surface area contributed by atoms with Crippen LogP contribution in [0, 0.1) is 0 Å². The van der Waals surface area contributed by atoms with E-state index < -0.39 is 0 Å². The molecule has 1 saturated carbocycles. The van der Waals surface area contributed by atoms with Crippen molar-refractivity contribution in [1.29, 1.82) is 0 Å². The van der Waals surface area contributed by atoms with Gasteiger partial charge in [0.1, 0.15) is 0 Å². The van der Waals surface area contributed by atoms with E-state index in [4.69, 9.17) is 15.6 Å². The number of para-hydroxylation sites is 1. The zero-order chi connectivity index (χ0) is 13.8. The number of anilines is 1. The van der Waals surface area contributed by atoms with Crippen molar-refractivity contribution in [2.24, 2.45) is 0 Å². The quantitative estimate of drug-likeness (QED) is 0.759. The molecular formula is C14H20N2O3. The Kier molecular flexibility index (Phi) is 4.27. The summed E-state index contributed by atoms with van der Waals surface area (Å²) < 4.78 is 5.48. The molecular weight excluding hydrogens is 244 g/mol. The highest BCUT2D eigenvalue weighted by molar-refractivity contribution is 5.99. The first kappa shape index (κ1) is 13.7. The molecule has 3 N–H and O–H groups in total. The highest BCUT2D eigenvalue weighted by atomic mass is 16.5. The molecule has 0 radical (unpaired) electrons. The molecule has 0 unspecified atom stereocenters. The van der Waals surface area contributed by atoms with Gasteiger partial charge in [-0.05, 0) is 31.9 Å². The van der Waals surface area contributed by atoms with Crippen LogP contribution in [-0.2, 0) is 0 Å². The summed E-state index contributed by atoms with van der Waals surface area (Å²) in [5.74, 6) is 0.325. The van der Waals surface area contributed by atoms with Gasteiger partial charge in [-0.25, -0.2) is 0 Å². The van der Waals surface area contributed by atoms with E-state index in [1.54, 1.807) is 23.1 Å². The minimum atomic E-state index is -0.118. The minimum Gasteiger partial charge on any atom is -0.491 e. The number of nitrogen functional groups attached to an aromatic ring is 1. The van der Waals surface area contributed by atoms with Crippen LogP contribution in [0.15, 0.2) is 18.2 Å². The predicted octanol–water partition coefficient (Wildman–Crippen LogP) is 1.26. The highest BCUT2D eigenvalue weighted by Gasteiger charge is 2.33. The van der Waals surface area contributed by atoms with Crippen LogP contribution in [0.2, 0.25) is 0 Å². The van der Waals surface area contributed by atoms with Gasteiger partial charge in [0, 0.05) is 12.6 Å². The summed E-state index contributed by atoms with van der Waals surface area (Å²) in [5, 5.41) is 9.09. The lowest BCUT2D eigenvalue weighted by atomic mass is 10.1. The van der Waals surface area contributed by atoms with Gasteiger partial charge in [-0.3, -0.25) is 4.79 Å². The molecule has 0 bridgehead atoms. The van der Waals surface area contributed by atoms with Gasteiger partial charge >= 0.3 is 0 Å². The first-order valence-electron chi connectivity index (χ1n) is 6.62. The number of aliphatic hydroxyl groups excluding tert-OH is 1. The smallest absolute Gasteiger partial charge is 0.258 e. The van der Waals surface area contributed by atoms with Gasteiger partial charge in [-0.1, -0.05) is 6.07 Å². The first-order chi connectivity index (χ1) is 9.19. The number of nitrogens with two attached hydrogens (primary N) is 1. The maximum absolute atomic E-state index is 12.5. The molecule has 1 aromatic carbocycles. The number of carbonyl (C=O) groups is 1. The molecule has 19 heavy (non-hydrogen) atoms. The SMILES string of the molecule is CCOc1c(N)cccc1C(=O)N(CCO)C1CC1. The molecule has 5 heteroatoms. The standard InChI is InChI=1S/C14H20N2O3/c1-2-19-13-11(4-3-5-12(13)15)14(18)16(8-9-17)10-6-7-10/h3-5,10,17H,2,6-9,15H2,1H3. The van der Waals surface area contributed by atoms with Crippen molar-refractivity contribution in [3.8, 4) is 5.75 Å². The Morgan fingerprint density at radius 1 is 1.53 bits per heavy atom.